The van der Waals surface area contributed by atoms with Gasteiger partial charge in [-0.05, 0) is 25.7 Å². The molecule has 0 amide bonds. The van der Waals surface area contributed by atoms with E-state index in [1.807, 2.05) is 0 Å². The van der Waals surface area contributed by atoms with Gasteiger partial charge in [-0.15, -0.1) is 0 Å². The Balaban J connectivity index is 1.97. The van der Waals surface area contributed by atoms with E-state index in [0.29, 0.717) is 12.6 Å². The highest BCUT2D eigenvalue weighted by atomic mass is 32.2. The molecule has 124 valence electrons. The summed E-state index contributed by atoms with van der Waals surface area (Å²) in [6.45, 7) is 5.61. The van der Waals surface area contributed by atoms with Crippen LogP contribution < -0.4 is 10.0 Å². The van der Waals surface area contributed by atoms with Crippen LogP contribution in [0.25, 0.3) is 0 Å². The second kappa shape index (κ2) is 7.90. The SMILES string of the molecule is CC(C)NCC1CCCCN1S(=O)(=O)NC1CCCCC1. The van der Waals surface area contributed by atoms with E-state index in [9.17, 15) is 8.42 Å². The van der Waals surface area contributed by atoms with Gasteiger partial charge in [0.1, 0.15) is 0 Å². The Morgan fingerprint density at radius 2 is 1.71 bits per heavy atom. The predicted molar refractivity (Wildman–Crippen MR) is 86.4 cm³/mol. The van der Waals surface area contributed by atoms with Crippen molar-refractivity contribution in [2.24, 2.45) is 0 Å². The van der Waals surface area contributed by atoms with Crippen LogP contribution in [0.15, 0.2) is 0 Å². The van der Waals surface area contributed by atoms with Crippen molar-refractivity contribution >= 4 is 10.2 Å². The smallest absolute Gasteiger partial charge is 0.279 e. The number of nitrogens with one attached hydrogen (secondary N) is 2. The molecule has 1 atom stereocenters. The topological polar surface area (TPSA) is 61.4 Å². The maximum Gasteiger partial charge on any atom is 0.279 e. The molecule has 21 heavy (non-hydrogen) atoms. The first-order chi connectivity index (χ1) is 9.99. The molecule has 1 unspecified atom stereocenters. The third kappa shape index (κ3) is 5.20. The summed E-state index contributed by atoms with van der Waals surface area (Å²) in [6, 6.07) is 0.634. The standard InChI is InChI=1S/C15H31N3O2S/c1-13(2)16-12-15-10-6-7-11-18(15)21(19,20)17-14-8-4-3-5-9-14/h13-17H,3-12H2,1-2H3. The van der Waals surface area contributed by atoms with Crippen LogP contribution in [0.3, 0.4) is 0 Å². The first kappa shape index (κ1) is 17.2. The summed E-state index contributed by atoms with van der Waals surface area (Å²) in [7, 11) is -3.34. The summed E-state index contributed by atoms with van der Waals surface area (Å²) in [4.78, 5) is 0. The Labute approximate surface area is 130 Å². The molecule has 1 aliphatic carbocycles. The van der Waals surface area contributed by atoms with Crippen molar-refractivity contribution in [2.75, 3.05) is 13.1 Å². The van der Waals surface area contributed by atoms with Gasteiger partial charge in [0.05, 0.1) is 0 Å². The van der Waals surface area contributed by atoms with Crippen LogP contribution in [0.1, 0.15) is 65.2 Å². The maximum atomic E-state index is 12.7. The van der Waals surface area contributed by atoms with Gasteiger partial charge in [0, 0.05) is 31.2 Å². The van der Waals surface area contributed by atoms with Crippen molar-refractivity contribution in [1.29, 1.82) is 0 Å². The van der Waals surface area contributed by atoms with Gasteiger partial charge >= 0.3 is 0 Å². The third-order valence-electron chi connectivity index (χ3n) is 4.56. The van der Waals surface area contributed by atoms with E-state index in [4.69, 9.17) is 0 Å². The molecule has 1 aliphatic heterocycles. The number of piperidine rings is 1. The summed E-state index contributed by atoms with van der Waals surface area (Å²) in [5, 5.41) is 3.39. The van der Waals surface area contributed by atoms with Gasteiger partial charge in [-0.1, -0.05) is 39.5 Å². The van der Waals surface area contributed by atoms with Gasteiger partial charge in [0.15, 0.2) is 0 Å². The molecule has 5 nitrogen and oxygen atoms in total. The minimum Gasteiger partial charge on any atom is -0.313 e. The summed E-state index contributed by atoms with van der Waals surface area (Å²) < 4.78 is 30.1. The van der Waals surface area contributed by atoms with Crippen molar-refractivity contribution in [3.63, 3.8) is 0 Å². The first-order valence-corrected chi connectivity index (χ1v) is 9.95. The van der Waals surface area contributed by atoms with E-state index in [2.05, 4.69) is 23.9 Å². The second-order valence-electron chi connectivity index (χ2n) is 6.78. The zero-order valence-electron chi connectivity index (χ0n) is 13.5. The lowest BCUT2D eigenvalue weighted by Gasteiger charge is -2.36. The van der Waals surface area contributed by atoms with E-state index < -0.39 is 10.2 Å². The molecule has 6 heteroatoms. The predicted octanol–water partition coefficient (Wildman–Crippen LogP) is 2.01. The Bertz CT molecular complexity index is 405. The van der Waals surface area contributed by atoms with Crippen LogP contribution in [0, 0.1) is 0 Å². The largest absolute Gasteiger partial charge is 0.313 e. The summed E-state index contributed by atoms with van der Waals surface area (Å²) in [5.41, 5.74) is 0. The van der Waals surface area contributed by atoms with Crippen LogP contribution in [-0.2, 0) is 10.2 Å². The highest BCUT2D eigenvalue weighted by Crippen LogP contribution is 2.22. The minimum absolute atomic E-state index is 0.0993. The fourth-order valence-corrected chi connectivity index (χ4v) is 5.10. The average Bonchev–Trinajstić information content (AvgIpc) is 2.46. The van der Waals surface area contributed by atoms with E-state index in [1.54, 1.807) is 4.31 Å². The molecule has 1 heterocycles. The Morgan fingerprint density at radius 1 is 1.05 bits per heavy atom. The molecule has 1 saturated carbocycles. The lowest BCUT2D eigenvalue weighted by atomic mass is 9.96. The minimum atomic E-state index is -3.34. The molecule has 0 aromatic carbocycles. The summed E-state index contributed by atoms with van der Waals surface area (Å²) >= 11 is 0. The van der Waals surface area contributed by atoms with Crippen LogP contribution in [0.5, 0.6) is 0 Å². The number of hydrogen-bond donors (Lipinski definition) is 2. The Kier molecular flexibility index (Phi) is 6.47. The van der Waals surface area contributed by atoms with Crippen molar-refractivity contribution < 1.29 is 8.42 Å². The van der Waals surface area contributed by atoms with Crippen molar-refractivity contribution in [3.8, 4) is 0 Å². The van der Waals surface area contributed by atoms with Crippen molar-refractivity contribution in [2.45, 2.75) is 83.3 Å². The molecule has 0 spiro atoms. The fraction of sp³-hybridized carbons (Fsp3) is 1.00. The molecule has 2 N–H and O–H groups in total. The molecular formula is C15H31N3O2S. The van der Waals surface area contributed by atoms with Crippen LogP contribution >= 0.6 is 0 Å². The number of hydrogen-bond acceptors (Lipinski definition) is 3. The molecule has 2 rings (SSSR count). The quantitative estimate of drug-likeness (QED) is 0.788. The average molecular weight is 317 g/mol. The summed E-state index contributed by atoms with van der Waals surface area (Å²) in [6.07, 6.45) is 8.57. The van der Waals surface area contributed by atoms with Crippen molar-refractivity contribution in [1.82, 2.24) is 14.3 Å². The molecule has 0 radical (unpaired) electrons. The van der Waals surface area contributed by atoms with Crippen LogP contribution in [0.4, 0.5) is 0 Å². The van der Waals surface area contributed by atoms with Gasteiger partial charge in [-0.25, -0.2) is 0 Å². The molecule has 2 fully saturated rings. The number of nitrogens with zero attached hydrogens (tertiary/aromatic N) is 1. The van der Waals surface area contributed by atoms with Gasteiger partial charge in [0.25, 0.3) is 10.2 Å². The second-order valence-corrected chi connectivity index (χ2v) is 8.44. The van der Waals surface area contributed by atoms with Gasteiger partial charge in [0.2, 0.25) is 0 Å². The molecule has 2 aliphatic rings. The normalized spacial score (nSPS) is 26.3. The highest BCUT2D eigenvalue weighted by molar-refractivity contribution is 7.87. The molecule has 0 aromatic rings. The fourth-order valence-electron chi connectivity index (χ4n) is 3.36. The van der Waals surface area contributed by atoms with Gasteiger partial charge < -0.3 is 5.32 Å². The Hall–Kier alpha value is -0.170. The van der Waals surface area contributed by atoms with Crippen molar-refractivity contribution in [3.05, 3.63) is 0 Å². The number of rotatable bonds is 6. The van der Waals surface area contributed by atoms with E-state index in [0.717, 1.165) is 51.5 Å². The lowest BCUT2D eigenvalue weighted by molar-refractivity contribution is 0.236. The molecule has 1 saturated heterocycles. The zero-order valence-corrected chi connectivity index (χ0v) is 14.3. The summed E-state index contributed by atoms with van der Waals surface area (Å²) in [5.74, 6) is 0. The monoisotopic (exact) mass is 317 g/mol. The van der Waals surface area contributed by atoms with Gasteiger partial charge in [-0.3, -0.25) is 0 Å². The molecular weight excluding hydrogens is 286 g/mol. The lowest BCUT2D eigenvalue weighted by Crippen LogP contribution is -2.54. The van der Waals surface area contributed by atoms with E-state index in [-0.39, 0.29) is 12.1 Å². The maximum absolute atomic E-state index is 12.7. The molecule has 0 bridgehead atoms. The first-order valence-electron chi connectivity index (χ1n) is 8.51. The molecule has 0 aromatic heterocycles. The van der Waals surface area contributed by atoms with E-state index >= 15 is 0 Å². The third-order valence-corrected chi connectivity index (χ3v) is 6.29. The van der Waals surface area contributed by atoms with Crippen LogP contribution in [0.2, 0.25) is 0 Å². The Morgan fingerprint density at radius 3 is 2.38 bits per heavy atom. The van der Waals surface area contributed by atoms with E-state index in [1.165, 1.54) is 6.42 Å². The van der Waals surface area contributed by atoms with Gasteiger partial charge in [-0.2, -0.15) is 17.4 Å². The highest BCUT2D eigenvalue weighted by Gasteiger charge is 2.33. The van der Waals surface area contributed by atoms with Crippen LogP contribution in [-0.4, -0.2) is 43.9 Å². The zero-order chi connectivity index (χ0) is 15.3.